The standard InChI is InChI=1S/C6H16N2O/c1-4-8(5-2)7-6(3)9/h6-7,9H,4-5H2,1-3H3. The van der Waals surface area contributed by atoms with E-state index in [1.54, 1.807) is 6.92 Å². The monoisotopic (exact) mass is 132 g/mol. The van der Waals surface area contributed by atoms with Crippen molar-refractivity contribution in [3.05, 3.63) is 0 Å². The summed E-state index contributed by atoms with van der Waals surface area (Å²) in [6, 6.07) is 0. The molecule has 1 atom stereocenters. The second-order valence-electron chi connectivity index (χ2n) is 1.98. The van der Waals surface area contributed by atoms with Gasteiger partial charge in [0.15, 0.2) is 0 Å². The molecule has 0 aliphatic heterocycles. The second kappa shape index (κ2) is 4.73. The number of hydrogen-bond acceptors (Lipinski definition) is 3. The minimum absolute atomic E-state index is 0.440. The zero-order valence-electron chi connectivity index (χ0n) is 6.39. The molecule has 0 fully saturated rings. The first-order chi connectivity index (χ1) is 4.20. The fraction of sp³-hybridized carbons (Fsp3) is 1.00. The van der Waals surface area contributed by atoms with Crippen molar-refractivity contribution in [3.8, 4) is 0 Å². The van der Waals surface area contributed by atoms with E-state index in [-0.39, 0.29) is 0 Å². The molecule has 0 amide bonds. The zero-order chi connectivity index (χ0) is 7.28. The van der Waals surface area contributed by atoms with Gasteiger partial charge in [0.05, 0.1) is 0 Å². The van der Waals surface area contributed by atoms with Crippen molar-refractivity contribution in [2.75, 3.05) is 13.1 Å². The molecule has 3 nitrogen and oxygen atoms in total. The van der Waals surface area contributed by atoms with Gasteiger partial charge in [0, 0.05) is 13.1 Å². The van der Waals surface area contributed by atoms with Crippen LogP contribution in [0, 0.1) is 0 Å². The zero-order valence-corrected chi connectivity index (χ0v) is 6.39. The molecule has 0 spiro atoms. The molecule has 0 saturated carbocycles. The molecule has 0 heterocycles. The van der Waals surface area contributed by atoms with Gasteiger partial charge >= 0.3 is 0 Å². The molecular weight excluding hydrogens is 116 g/mol. The molecule has 0 rings (SSSR count). The Morgan fingerprint density at radius 2 is 1.89 bits per heavy atom. The van der Waals surface area contributed by atoms with Gasteiger partial charge in [0.2, 0.25) is 0 Å². The number of nitrogens with zero attached hydrogens (tertiary/aromatic N) is 1. The highest BCUT2D eigenvalue weighted by atomic mass is 16.3. The quantitative estimate of drug-likeness (QED) is 0.423. The van der Waals surface area contributed by atoms with E-state index in [1.165, 1.54) is 0 Å². The van der Waals surface area contributed by atoms with E-state index in [0.717, 1.165) is 13.1 Å². The number of aliphatic hydroxyl groups is 1. The lowest BCUT2D eigenvalue weighted by Crippen LogP contribution is -2.43. The number of nitrogens with one attached hydrogen (secondary N) is 1. The van der Waals surface area contributed by atoms with Crippen molar-refractivity contribution in [1.82, 2.24) is 10.4 Å². The molecule has 56 valence electrons. The summed E-state index contributed by atoms with van der Waals surface area (Å²) < 4.78 is 0. The predicted molar refractivity (Wildman–Crippen MR) is 37.7 cm³/mol. The molecule has 0 aliphatic carbocycles. The highest BCUT2D eigenvalue weighted by molar-refractivity contribution is 4.44. The maximum absolute atomic E-state index is 8.83. The molecule has 0 aromatic carbocycles. The molecule has 0 aliphatic rings. The van der Waals surface area contributed by atoms with Gasteiger partial charge in [-0.15, -0.1) is 0 Å². The first-order valence-corrected chi connectivity index (χ1v) is 3.39. The first-order valence-electron chi connectivity index (χ1n) is 3.39. The van der Waals surface area contributed by atoms with Crippen LogP contribution < -0.4 is 5.43 Å². The summed E-state index contributed by atoms with van der Waals surface area (Å²) in [7, 11) is 0. The van der Waals surface area contributed by atoms with Crippen LogP contribution >= 0.6 is 0 Å². The Hall–Kier alpha value is -0.120. The average molecular weight is 132 g/mol. The Balaban J connectivity index is 3.31. The molecule has 0 saturated heterocycles. The predicted octanol–water partition coefficient (Wildman–Crippen LogP) is 0.171. The highest BCUT2D eigenvalue weighted by Crippen LogP contribution is 1.81. The van der Waals surface area contributed by atoms with Crippen LogP contribution in [0.25, 0.3) is 0 Å². The van der Waals surface area contributed by atoms with Crippen molar-refractivity contribution in [2.24, 2.45) is 0 Å². The number of aliphatic hydroxyl groups excluding tert-OH is 1. The van der Waals surface area contributed by atoms with Crippen molar-refractivity contribution in [2.45, 2.75) is 27.0 Å². The van der Waals surface area contributed by atoms with Crippen LogP contribution in [0.3, 0.4) is 0 Å². The Bertz CT molecular complexity index is 62.1. The van der Waals surface area contributed by atoms with Crippen LogP contribution in [0.5, 0.6) is 0 Å². The van der Waals surface area contributed by atoms with Crippen LogP contribution in [-0.2, 0) is 0 Å². The van der Waals surface area contributed by atoms with Gasteiger partial charge < -0.3 is 5.11 Å². The molecule has 2 N–H and O–H groups in total. The molecule has 0 aromatic rings. The van der Waals surface area contributed by atoms with Gasteiger partial charge in [-0.25, -0.2) is 10.4 Å². The van der Waals surface area contributed by atoms with E-state index in [9.17, 15) is 0 Å². The lowest BCUT2D eigenvalue weighted by molar-refractivity contribution is 0.0535. The Morgan fingerprint density at radius 3 is 2.00 bits per heavy atom. The van der Waals surface area contributed by atoms with Crippen LogP contribution in [0.4, 0.5) is 0 Å². The van der Waals surface area contributed by atoms with Crippen molar-refractivity contribution < 1.29 is 5.11 Å². The fourth-order valence-corrected chi connectivity index (χ4v) is 0.670. The largest absolute Gasteiger partial charge is 0.378 e. The third-order valence-electron chi connectivity index (χ3n) is 1.13. The average Bonchev–Trinajstić information content (AvgIpc) is 1.82. The number of hydrazine groups is 1. The van der Waals surface area contributed by atoms with Gasteiger partial charge in [-0.1, -0.05) is 13.8 Å². The third-order valence-corrected chi connectivity index (χ3v) is 1.13. The van der Waals surface area contributed by atoms with E-state index in [0.29, 0.717) is 0 Å². The van der Waals surface area contributed by atoms with Gasteiger partial charge in [-0.05, 0) is 6.92 Å². The number of rotatable bonds is 4. The van der Waals surface area contributed by atoms with Crippen molar-refractivity contribution in [1.29, 1.82) is 0 Å². The topological polar surface area (TPSA) is 35.5 Å². The number of hydrogen-bond donors (Lipinski definition) is 2. The van der Waals surface area contributed by atoms with Crippen LogP contribution in [0.2, 0.25) is 0 Å². The lowest BCUT2D eigenvalue weighted by atomic mass is 10.6. The molecule has 3 heteroatoms. The SMILES string of the molecule is CCN(CC)NC(C)O. The van der Waals surface area contributed by atoms with Crippen LogP contribution in [-0.4, -0.2) is 29.4 Å². The lowest BCUT2D eigenvalue weighted by Gasteiger charge is -2.20. The second-order valence-corrected chi connectivity index (χ2v) is 1.98. The molecule has 0 aromatic heterocycles. The normalized spacial score (nSPS) is 14.3. The molecule has 1 unspecified atom stereocenters. The van der Waals surface area contributed by atoms with Gasteiger partial charge in [-0.3, -0.25) is 0 Å². The molecule has 9 heavy (non-hydrogen) atoms. The summed E-state index contributed by atoms with van der Waals surface area (Å²) in [5.74, 6) is 0. The fourth-order valence-electron chi connectivity index (χ4n) is 0.670. The van der Waals surface area contributed by atoms with E-state index in [4.69, 9.17) is 5.11 Å². The Labute approximate surface area is 56.6 Å². The van der Waals surface area contributed by atoms with E-state index in [2.05, 4.69) is 5.43 Å². The molecular formula is C6H16N2O. The van der Waals surface area contributed by atoms with E-state index < -0.39 is 6.23 Å². The van der Waals surface area contributed by atoms with Gasteiger partial charge in [0.1, 0.15) is 6.23 Å². The molecule has 0 bridgehead atoms. The summed E-state index contributed by atoms with van der Waals surface area (Å²) in [5.41, 5.74) is 2.87. The van der Waals surface area contributed by atoms with Crippen LogP contribution in [0.1, 0.15) is 20.8 Å². The van der Waals surface area contributed by atoms with Crippen molar-refractivity contribution in [3.63, 3.8) is 0 Å². The van der Waals surface area contributed by atoms with Gasteiger partial charge in [-0.2, -0.15) is 0 Å². The van der Waals surface area contributed by atoms with Crippen LogP contribution in [0.15, 0.2) is 0 Å². The molecule has 0 radical (unpaired) electrons. The minimum atomic E-state index is -0.440. The summed E-state index contributed by atoms with van der Waals surface area (Å²) in [6.07, 6.45) is -0.440. The smallest absolute Gasteiger partial charge is 0.114 e. The van der Waals surface area contributed by atoms with Crippen molar-refractivity contribution >= 4 is 0 Å². The highest BCUT2D eigenvalue weighted by Gasteiger charge is 1.99. The Morgan fingerprint density at radius 1 is 1.44 bits per heavy atom. The summed E-state index contributed by atoms with van der Waals surface area (Å²) >= 11 is 0. The minimum Gasteiger partial charge on any atom is -0.378 e. The van der Waals surface area contributed by atoms with E-state index in [1.807, 2.05) is 18.9 Å². The maximum Gasteiger partial charge on any atom is 0.114 e. The van der Waals surface area contributed by atoms with Gasteiger partial charge in [0.25, 0.3) is 0 Å². The summed E-state index contributed by atoms with van der Waals surface area (Å²) in [5, 5.41) is 10.8. The Kier molecular flexibility index (Phi) is 4.67. The maximum atomic E-state index is 8.83. The van der Waals surface area contributed by atoms with E-state index >= 15 is 0 Å². The summed E-state index contributed by atoms with van der Waals surface area (Å²) in [4.78, 5) is 0. The summed E-state index contributed by atoms with van der Waals surface area (Å²) in [6.45, 7) is 7.62. The third kappa shape index (κ3) is 4.39. The first kappa shape index (κ1) is 8.88.